The molecular weight excluding hydrogens is 311 g/mol. The first-order valence-electron chi connectivity index (χ1n) is 8.68. The summed E-state index contributed by atoms with van der Waals surface area (Å²) < 4.78 is 33.2. The first-order chi connectivity index (χ1) is 10.1. The van der Waals surface area contributed by atoms with E-state index in [1.165, 1.54) is 70.6 Å². The minimum absolute atomic E-state index is 0. The second-order valence-electron chi connectivity index (χ2n) is 5.85. The zero-order valence-corrected chi connectivity index (χ0v) is 14.5. The Labute approximate surface area is 160 Å². The number of hydrogen-bond donors (Lipinski definition) is 1. The molecule has 0 bridgehead atoms. The maximum absolute atomic E-state index is 10.3. The van der Waals surface area contributed by atoms with Gasteiger partial charge in [0, 0.05) is 0 Å². The molecule has 22 heavy (non-hydrogen) atoms. The first kappa shape index (κ1) is 25.1. The normalized spacial score (nSPS) is 11.4. The van der Waals surface area contributed by atoms with Crippen molar-refractivity contribution >= 4 is 40.0 Å². The van der Waals surface area contributed by atoms with Gasteiger partial charge in [0.25, 0.3) is 0 Å². The van der Waals surface area contributed by atoms with Gasteiger partial charge in [-0.05, 0) is 6.42 Å². The van der Waals surface area contributed by atoms with Gasteiger partial charge in [0.15, 0.2) is 0 Å². The molecule has 0 aliphatic carbocycles. The monoisotopic (exact) mass is 346 g/mol. The van der Waals surface area contributed by atoms with Crippen LogP contribution in [0.25, 0.3) is 0 Å². The molecule has 1 N–H and O–H groups in total. The number of hydrogen-bond acceptors (Lipinski definition) is 3. The molecule has 0 fully saturated rings. The molecule has 0 unspecified atom stereocenters. The molecule has 0 aromatic rings. The SMILES string of the molecule is CCCCCCCCCCCCCCCCOS(=O)(=O)O.[NaH]. The Morgan fingerprint density at radius 1 is 0.682 bits per heavy atom. The van der Waals surface area contributed by atoms with Crippen molar-refractivity contribution in [2.24, 2.45) is 0 Å². The van der Waals surface area contributed by atoms with Crippen molar-refractivity contribution in [3.8, 4) is 0 Å². The molecule has 0 amide bonds. The van der Waals surface area contributed by atoms with Crippen LogP contribution in [0, 0.1) is 0 Å². The van der Waals surface area contributed by atoms with Crippen LogP contribution < -0.4 is 0 Å². The number of unbranched alkanes of at least 4 members (excludes halogenated alkanes) is 13. The van der Waals surface area contributed by atoms with Crippen molar-refractivity contribution in [2.45, 2.75) is 96.8 Å². The minimum atomic E-state index is -4.24. The van der Waals surface area contributed by atoms with Gasteiger partial charge in [0.1, 0.15) is 0 Å². The Morgan fingerprint density at radius 3 is 1.32 bits per heavy atom. The zero-order valence-electron chi connectivity index (χ0n) is 13.7. The molecule has 130 valence electrons. The van der Waals surface area contributed by atoms with Gasteiger partial charge in [-0.25, -0.2) is 4.18 Å². The van der Waals surface area contributed by atoms with Gasteiger partial charge in [0.2, 0.25) is 0 Å². The third kappa shape index (κ3) is 23.1. The van der Waals surface area contributed by atoms with Crippen LogP contribution in [0.4, 0.5) is 0 Å². The first-order valence-corrected chi connectivity index (χ1v) is 10.0. The summed E-state index contributed by atoms with van der Waals surface area (Å²) in [6.07, 6.45) is 17.6. The Balaban J connectivity index is 0. The van der Waals surface area contributed by atoms with E-state index in [4.69, 9.17) is 4.55 Å². The summed E-state index contributed by atoms with van der Waals surface area (Å²) in [5.74, 6) is 0. The van der Waals surface area contributed by atoms with E-state index in [2.05, 4.69) is 11.1 Å². The van der Waals surface area contributed by atoms with Crippen molar-refractivity contribution in [1.82, 2.24) is 0 Å². The molecule has 0 atom stereocenters. The fourth-order valence-corrected chi connectivity index (χ4v) is 2.79. The van der Waals surface area contributed by atoms with Crippen molar-refractivity contribution in [3.05, 3.63) is 0 Å². The van der Waals surface area contributed by atoms with Gasteiger partial charge >= 0.3 is 40.0 Å². The summed E-state index contributed by atoms with van der Waals surface area (Å²) in [4.78, 5) is 0. The van der Waals surface area contributed by atoms with Crippen molar-refractivity contribution in [2.75, 3.05) is 6.61 Å². The zero-order chi connectivity index (χ0) is 15.8. The standard InChI is InChI=1S/C16H34O4S.Na.H/c1-2-3-4-5-6-7-8-9-10-11-12-13-14-15-16-20-21(17,18)19;;/h2-16H2,1H3,(H,17,18,19);;. The van der Waals surface area contributed by atoms with Crippen LogP contribution >= 0.6 is 0 Å². The van der Waals surface area contributed by atoms with Crippen LogP contribution in [0.15, 0.2) is 0 Å². The topological polar surface area (TPSA) is 63.6 Å². The Bertz CT molecular complexity index is 307. The predicted molar refractivity (Wildman–Crippen MR) is 95.0 cm³/mol. The van der Waals surface area contributed by atoms with E-state index in [0.717, 1.165) is 12.8 Å². The summed E-state index contributed by atoms with van der Waals surface area (Å²) in [5.41, 5.74) is 0. The second kappa shape index (κ2) is 18.2. The summed E-state index contributed by atoms with van der Waals surface area (Å²) in [6, 6.07) is 0. The molecule has 0 aliphatic heterocycles. The Kier molecular flexibility index (Phi) is 20.8. The summed E-state index contributed by atoms with van der Waals surface area (Å²) in [6.45, 7) is 2.35. The van der Waals surface area contributed by atoms with Crippen molar-refractivity contribution < 1.29 is 17.2 Å². The van der Waals surface area contributed by atoms with E-state index in [0.29, 0.717) is 6.42 Å². The van der Waals surface area contributed by atoms with Gasteiger partial charge in [-0.1, -0.05) is 90.4 Å². The van der Waals surface area contributed by atoms with Crippen LogP contribution in [0.2, 0.25) is 0 Å². The molecule has 6 heteroatoms. The quantitative estimate of drug-likeness (QED) is 0.251. The van der Waals surface area contributed by atoms with E-state index in [1.54, 1.807) is 0 Å². The van der Waals surface area contributed by atoms with E-state index in [1.807, 2.05) is 0 Å². The third-order valence-corrected chi connectivity index (χ3v) is 4.19. The molecule has 0 radical (unpaired) electrons. The molecule has 0 aromatic heterocycles. The summed E-state index contributed by atoms with van der Waals surface area (Å²) in [7, 11) is -4.24. The van der Waals surface area contributed by atoms with E-state index in [9.17, 15) is 8.42 Å². The fourth-order valence-electron chi connectivity index (χ4n) is 2.46. The Morgan fingerprint density at radius 2 is 1.00 bits per heavy atom. The molecule has 0 saturated carbocycles. The second-order valence-corrected chi connectivity index (χ2v) is 6.94. The van der Waals surface area contributed by atoms with Gasteiger partial charge in [-0.15, -0.1) is 0 Å². The molecule has 0 rings (SSSR count). The van der Waals surface area contributed by atoms with Crippen LogP contribution in [-0.4, -0.2) is 49.1 Å². The van der Waals surface area contributed by atoms with E-state index < -0.39 is 10.4 Å². The van der Waals surface area contributed by atoms with E-state index >= 15 is 0 Å². The molecule has 0 aliphatic rings. The number of rotatable bonds is 16. The van der Waals surface area contributed by atoms with Crippen LogP contribution in [0.5, 0.6) is 0 Å². The van der Waals surface area contributed by atoms with Gasteiger partial charge in [-0.2, -0.15) is 8.42 Å². The molecule has 4 nitrogen and oxygen atoms in total. The molecule has 0 spiro atoms. The molecule has 0 aromatic carbocycles. The average molecular weight is 347 g/mol. The molecule has 0 heterocycles. The summed E-state index contributed by atoms with van der Waals surface area (Å²) in [5, 5.41) is 0. The molecular formula is C16H35NaO4S. The Hall–Kier alpha value is 0.870. The average Bonchev–Trinajstić information content (AvgIpc) is 2.42. The van der Waals surface area contributed by atoms with E-state index in [-0.39, 0.29) is 36.2 Å². The van der Waals surface area contributed by atoms with Crippen LogP contribution in [-0.2, 0) is 14.6 Å². The molecule has 0 saturated heterocycles. The maximum atomic E-state index is 10.3. The van der Waals surface area contributed by atoms with Crippen LogP contribution in [0.1, 0.15) is 96.8 Å². The predicted octanol–water partition coefficient (Wildman–Crippen LogP) is 4.64. The van der Waals surface area contributed by atoms with Gasteiger partial charge in [0.05, 0.1) is 6.61 Å². The summed E-state index contributed by atoms with van der Waals surface area (Å²) >= 11 is 0. The third-order valence-electron chi connectivity index (χ3n) is 3.73. The van der Waals surface area contributed by atoms with Crippen molar-refractivity contribution in [3.63, 3.8) is 0 Å². The fraction of sp³-hybridized carbons (Fsp3) is 1.00. The van der Waals surface area contributed by atoms with Gasteiger partial charge in [-0.3, -0.25) is 4.55 Å². The van der Waals surface area contributed by atoms with Crippen molar-refractivity contribution in [1.29, 1.82) is 0 Å². The van der Waals surface area contributed by atoms with Crippen LogP contribution in [0.3, 0.4) is 0 Å². The van der Waals surface area contributed by atoms with Gasteiger partial charge < -0.3 is 0 Å².